The van der Waals surface area contributed by atoms with Crippen LogP contribution in [0, 0.1) is 0 Å². The Labute approximate surface area is 73.0 Å². The molecule has 0 aliphatic rings. The smallest absolute Gasteiger partial charge is 0.328 e. The molecule has 0 saturated carbocycles. The van der Waals surface area contributed by atoms with Crippen LogP contribution in [0.3, 0.4) is 0 Å². The van der Waals surface area contributed by atoms with Crippen LogP contribution in [-0.2, 0) is 14.3 Å². The SMILES string of the molecule is CCOCC(C)(N)C(=O)OCC. The van der Waals surface area contributed by atoms with Gasteiger partial charge in [-0.1, -0.05) is 0 Å². The van der Waals surface area contributed by atoms with E-state index < -0.39 is 11.5 Å². The molecule has 12 heavy (non-hydrogen) atoms. The minimum Gasteiger partial charge on any atom is -0.465 e. The second kappa shape index (κ2) is 5.11. The summed E-state index contributed by atoms with van der Waals surface area (Å²) in [4.78, 5) is 11.1. The molecule has 0 aromatic carbocycles. The highest BCUT2D eigenvalue weighted by molar-refractivity contribution is 5.80. The van der Waals surface area contributed by atoms with Gasteiger partial charge in [-0.3, -0.25) is 0 Å². The molecule has 0 aliphatic carbocycles. The van der Waals surface area contributed by atoms with Crippen molar-refractivity contribution < 1.29 is 14.3 Å². The van der Waals surface area contributed by atoms with Gasteiger partial charge in [-0.15, -0.1) is 0 Å². The van der Waals surface area contributed by atoms with E-state index in [0.29, 0.717) is 13.2 Å². The molecule has 0 radical (unpaired) electrons. The van der Waals surface area contributed by atoms with Gasteiger partial charge in [0.25, 0.3) is 0 Å². The zero-order chi connectivity index (χ0) is 9.61. The van der Waals surface area contributed by atoms with E-state index >= 15 is 0 Å². The number of ether oxygens (including phenoxy) is 2. The molecular formula is C8H17NO3. The second-order valence-corrected chi connectivity index (χ2v) is 2.78. The van der Waals surface area contributed by atoms with Gasteiger partial charge in [-0.2, -0.15) is 0 Å². The summed E-state index contributed by atoms with van der Waals surface area (Å²) in [5.74, 6) is -0.418. The highest BCUT2D eigenvalue weighted by atomic mass is 16.5. The molecule has 0 heterocycles. The van der Waals surface area contributed by atoms with E-state index in [2.05, 4.69) is 0 Å². The van der Waals surface area contributed by atoms with Crippen molar-refractivity contribution in [2.45, 2.75) is 26.3 Å². The minimum atomic E-state index is -1.02. The first-order chi connectivity index (χ1) is 5.54. The lowest BCUT2D eigenvalue weighted by Gasteiger charge is -2.21. The molecule has 1 unspecified atom stereocenters. The van der Waals surface area contributed by atoms with Crippen LogP contribution in [0.5, 0.6) is 0 Å². The number of nitrogens with two attached hydrogens (primary N) is 1. The van der Waals surface area contributed by atoms with Gasteiger partial charge in [0, 0.05) is 6.61 Å². The molecule has 0 rings (SSSR count). The van der Waals surface area contributed by atoms with Crippen LogP contribution >= 0.6 is 0 Å². The van der Waals surface area contributed by atoms with Crippen LogP contribution in [0.2, 0.25) is 0 Å². The Morgan fingerprint density at radius 1 is 1.42 bits per heavy atom. The molecule has 72 valence electrons. The Kier molecular flexibility index (Phi) is 4.85. The van der Waals surface area contributed by atoms with Gasteiger partial charge in [0.05, 0.1) is 13.2 Å². The lowest BCUT2D eigenvalue weighted by Crippen LogP contribution is -2.50. The van der Waals surface area contributed by atoms with Gasteiger partial charge in [0.2, 0.25) is 0 Å². The van der Waals surface area contributed by atoms with Crippen LogP contribution in [-0.4, -0.2) is 31.3 Å². The summed E-state index contributed by atoms with van der Waals surface area (Å²) < 4.78 is 9.80. The number of carbonyl (C=O) groups is 1. The summed E-state index contributed by atoms with van der Waals surface area (Å²) in [5.41, 5.74) is 4.61. The molecule has 4 heteroatoms. The number of rotatable bonds is 5. The average Bonchev–Trinajstić information content (AvgIpc) is 2.01. The van der Waals surface area contributed by atoms with E-state index in [9.17, 15) is 4.79 Å². The summed E-state index contributed by atoms with van der Waals surface area (Å²) in [5, 5.41) is 0. The molecule has 0 saturated heterocycles. The molecule has 0 bridgehead atoms. The van der Waals surface area contributed by atoms with Gasteiger partial charge in [0.15, 0.2) is 0 Å². The van der Waals surface area contributed by atoms with Crippen molar-refractivity contribution in [1.29, 1.82) is 0 Å². The van der Waals surface area contributed by atoms with Gasteiger partial charge >= 0.3 is 5.97 Å². The number of carbonyl (C=O) groups excluding carboxylic acids is 1. The van der Waals surface area contributed by atoms with Gasteiger partial charge < -0.3 is 15.2 Å². The number of esters is 1. The summed E-state index contributed by atoms with van der Waals surface area (Å²) in [7, 11) is 0. The van der Waals surface area contributed by atoms with Gasteiger partial charge in [-0.25, -0.2) is 4.79 Å². The van der Waals surface area contributed by atoms with Crippen molar-refractivity contribution >= 4 is 5.97 Å². The molecule has 1 atom stereocenters. The van der Waals surface area contributed by atoms with E-state index in [-0.39, 0.29) is 6.61 Å². The molecule has 0 fully saturated rings. The van der Waals surface area contributed by atoms with E-state index in [4.69, 9.17) is 15.2 Å². The molecule has 0 aliphatic heterocycles. The van der Waals surface area contributed by atoms with Crippen molar-refractivity contribution in [1.82, 2.24) is 0 Å². The van der Waals surface area contributed by atoms with Crippen molar-refractivity contribution in [2.24, 2.45) is 5.73 Å². The van der Waals surface area contributed by atoms with Crippen LogP contribution in [0.25, 0.3) is 0 Å². The Balaban J connectivity index is 3.90. The maximum atomic E-state index is 11.1. The maximum absolute atomic E-state index is 11.1. The second-order valence-electron chi connectivity index (χ2n) is 2.78. The number of hydrogen-bond acceptors (Lipinski definition) is 4. The van der Waals surface area contributed by atoms with Crippen molar-refractivity contribution in [3.05, 3.63) is 0 Å². The molecule has 0 amide bonds. The summed E-state index contributed by atoms with van der Waals surface area (Å²) in [6.45, 7) is 6.28. The molecule has 4 nitrogen and oxygen atoms in total. The third-order valence-electron chi connectivity index (χ3n) is 1.35. The third kappa shape index (κ3) is 3.69. The molecule has 0 aromatic heterocycles. The monoisotopic (exact) mass is 175 g/mol. The summed E-state index contributed by atoms with van der Waals surface area (Å²) in [6, 6.07) is 0. The fourth-order valence-corrected chi connectivity index (χ4v) is 0.669. The van der Waals surface area contributed by atoms with E-state index in [1.807, 2.05) is 6.92 Å². The van der Waals surface area contributed by atoms with Crippen LogP contribution in [0.4, 0.5) is 0 Å². The van der Waals surface area contributed by atoms with Crippen LogP contribution in [0.15, 0.2) is 0 Å². The molecule has 0 aromatic rings. The first-order valence-corrected chi connectivity index (χ1v) is 4.08. The fourth-order valence-electron chi connectivity index (χ4n) is 0.669. The van der Waals surface area contributed by atoms with Crippen molar-refractivity contribution in [2.75, 3.05) is 19.8 Å². The Hall–Kier alpha value is -0.610. The highest BCUT2D eigenvalue weighted by Crippen LogP contribution is 2.02. The van der Waals surface area contributed by atoms with E-state index in [0.717, 1.165) is 0 Å². The average molecular weight is 175 g/mol. The zero-order valence-electron chi connectivity index (χ0n) is 7.92. The fraction of sp³-hybridized carbons (Fsp3) is 0.875. The molecular weight excluding hydrogens is 158 g/mol. The van der Waals surface area contributed by atoms with Crippen molar-refractivity contribution in [3.63, 3.8) is 0 Å². The lowest BCUT2D eigenvalue weighted by atomic mass is 10.1. The summed E-state index contributed by atoms with van der Waals surface area (Å²) in [6.07, 6.45) is 0. The van der Waals surface area contributed by atoms with E-state index in [1.54, 1.807) is 13.8 Å². The van der Waals surface area contributed by atoms with Crippen molar-refractivity contribution in [3.8, 4) is 0 Å². The predicted molar refractivity (Wildman–Crippen MR) is 45.7 cm³/mol. The third-order valence-corrected chi connectivity index (χ3v) is 1.35. The van der Waals surface area contributed by atoms with Crippen LogP contribution < -0.4 is 5.73 Å². The van der Waals surface area contributed by atoms with Gasteiger partial charge in [-0.05, 0) is 20.8 Å². The minimum absolute atomic E-state index is 0.197. The maximum Gasteiger partial charge on any atom is 0.328 e. The molecule has 2 N–H and O–H groups in total. The normalized spacial score (nSPS) is 15.3. The summed E-state index contributed by atoms with van der Waals surface area (Å²) >= 11 is 0. The quantitative estimate of drug-likeness (QED) is 0.610. The zero-order valence-corrected chi connectivity index (χ0v) is 7.92. The lowest BCUT2D eigenvalue weighted by molar-refractivity contribution is -0.151. The first kappa shape index (κ1) is 11.4. The number of hydrogen-bond donors (Lipinski definition) is 1. The Morgan fingerprint density at radius 2 is 2.00 bits per heavy atom. The first-order valence-electron chi connectivity index (χ1n) is 4.08. The van der Waals surface area contributed by atoms with Crippen LogP contribution in [0.1, 0.15) is 20.8 Å². The molecule has 0 spiro atoms. The standard InChI is InChI=1S/C8H17NO3/c1-4-11-6-8(3,9)7(10)12-5-2/h4-6,9H2,1-3H3. The Bertz CT molecular complexity index is 145. The van der Waals surface area contributed by atoms with Gasteiger partial charge in [0.1, 0.15) is 5.54 Å². The largest absolute Gasteiger partial charge is 0.465 e. The van der Waals surface area contributed by atoms with E-state index in [1.165, 1.54) is 0 Å². The topological polar surface area (TPSA) is 61.5 Å². The Morgan fingerprint density at radius 3 is 2.42 bits per heavy atom. The predicted octanol–water partition coefficient (Wildman–Crippen LogP) is 0.303. The highest BCUT2D eigenvalue weighted by Gasteiger charge is 2.29.